The molecule has 0 aliphatic rings. The molecule has 0 heterocycles. The number of aliphatic imine (C=N–C) groups is 1. The van der Waals surface area contributed by atoms with E-state index in [0.29, 0.717) is 19.1 Å². The van der Waals surface area contributed by atoms with Gasteiger partial charge in [0.15, 0.2) is 5.96 Å². The molecule has 22 heavy (non-hydrogen) atoms. The first kappa shape index (κ1) is 21.6. The van der Waals surface area contributed by atoms with Gasteiger partial charge in [0, 0.05) is 22.5 Å². The fourth-order valence-electron chi connectivity index (χ4n) is 1.40. The average molecular weight is 500 g/mol. The minimum Gasteiger partial charge on any atom is -0.493 e. The zero-order chi connectivity index (χ0) is 15.5. The first-order chi connectivity index (χ1) is 10.1. The molecule has 0 fully saturated rings. The smallest absolute Gasteiger partial charge is 0.188 e. The Bertz CT molecular complexity index is 486. The van der Waals surface area contributed by atoms with E-state index in [4.69, 9.17) is 10.5 Å². The third kappa shape index (κ3) is 11.2. The van der Waals surface area contributed by atoms with E-state index < -0.39 is 0 Å². The quantitative estimate of drug-likeness (QED) is 0.179. The summed E-state index contributed by atoms with van der Waals surface area (Å²) >= 11 is 5.23. The predicted molar refractivity (Wildman–Crippen MR) is 112 cm³/mol. The molecular weight excluding hydrogens is 477 g/mol. The second kappa shape index (κ2) is 13.1. The van der Waals surface area contributed by atoms with E-state index in [1.165, 1.54) is 0 Å². The van der Waals surface area contributed by atoms with Crippen LogP contribution in [0.1, 0.15) is 6.92 Å². The highest BCUT2D eigenvalue weighted by molar-refractivity contribution is 14.0. The molecule has 0 saturated heterocycles. The zero-order valence-electron chi connectivity index (χ0n) is 12.7. The van der Waals surface area contributed by atoms with Crippen LogP contribution in [0.25, 0.3) is 0 Å². The molecule has 3 N–H and O–H groups in total. The molecule has 0 bridgehead atoms. The van der Waals surface area contributed by atoms with E-state index in [1.807, 2.05) is 43.0 Å². The predicted octanol–water partition coefficient (Wildman–Crippen LogP) is 3.66. The molecule has 0 saturated carbocycles. The summed E-state index contributed by atoms with van der Waals surface area (Å²) in [7, 11) is 0. The number of nitrogens with two attached hydrogens (primary N) is 1. The fourth-order valence-corrected chi connectivity index (χ4v) is 2.43. The van der Waals surface area contributed by atoms with E-state index in [9.17, 15) is 0 Å². The SMILES string of the molecule is C=C(C)CN=C(N)NCCSCCOc1cccc(Br)c1.I. The molecule has 0 aromatic heterocycles. The maximum atomic E-state index is 5.71. The maximum absolute atomic E-state index is 5.71. The van der Waals surface area contributed by atoms with Gasteiger partial charge in [-0.15, -0.1) is 24.0 Å². The second-order valence-corrected chi connectivity index (χ2v) is 6.64. The molecule has 4 nitrogen and oxygen atoms in total. The lowest BCUT2D eigenvalue weighted by Crippen LogP contribution is -2.33. The van der Waals surface area contributed by atoms with Crippen LogP contribution in [0.2, 0.25) is 0 Å². The standard InChI is InChI=1S/C15H22BrN3OS.HI/c1-12(2)11-19-15(17)18-6-8-21-9-7-20-14-5-3-4-13(16)10-14;/h3-5,10H,1,6-9,11H2,2H3,(H3,17,18,19);1H. The molecule has 0 amide bonds. The van der Waals surface area contributed by atoms with Crippen LogP contribution in [0.3, 0.4) is 0 Å². The highest BCUT2D eigenvalue weighted by Gasteiger charge is 1.96. The van der Waals surface area contributed by atoms with Crippen LogP contribution in [0, 0.1) is 0 Å². The molecule has 1 rings (SSSR count). The molecule has 0 unspecified atom stereocenters. The lowest BCUT2D eigenvalue weighted by Gasteiger charge is -2.07. The van der Waals surface area contributed by atoms with Crippen molar-refractivity contribution in [2.75, 3.05) is 31.2 Å². The van der Waals surface area contributed by atoms with Crippen LogP contribution < -0.4 is 15.8 Å². The van der Waals surface area contributed by atoms with Crippen molar-refractivity contribution in [2.45, 2.75) is 6.92 Å². The minimum atomic E-state index is 0. The van der Waals surface area contributed by atoms with Crippen molar-refractivity contribution in [2.24, 2.45) is 10.7 Å². The number of benzene rings is 1. The van der Waals surface area contributed by atoms with Gasteiger partial charge in [0.2, 0.25) is 0 Å². The van der Waals surface area contributed by atoms with Crippen molar-refractivity contribution in [1.29, 1.82) is 0 Å². The van der Waals surface area contributed by atoms with Gasteiger partial charge in [0.25, 0.3) is 0 Å². The molecule has 1 aromatic rings. The molecule has 0 radical (unpaired) electrons. The van der Waals surface area contributed by atoms with Crippen molar-refractivity contribution in [3.05, 3.63) is 40.9 Å². The minimum absolute atomic E-state index is 0. The van der Waals surface area contributed by atoms with Crippen LogP contribution in [-0.2, 0) is 0 Å². The lowest BCUT2D eigenvalue weighted by atomic mass is 10.3. The number of rotatable bonds is 9. The van der Waals surface area contributed by atoms with Gasteiger partial charge in [-0.3, -0.25) is 0 Å². The highest BCUT2D eigenvalue weighted by atomic mass is 127. The van der Waals surface area contributed by atoms with Gasteiger partial charge >= 0.3 is 0 Å². The fraction of sp³-hybridized carbons (Fsp3) is 0.400. The number of guanidine groups is 1. The summed E-state index contributed by atoms with van der Waals surface area (Å²) in [5.74, 6) is 3.27. The normalized spacial score (nSPS) is 10.7. The zero-order valence-corrected chi connectivity index (χ0v) is 17.4. The van der Waals surface area contributed by atoms with Gasteiger partial charge < -0.3 is 15.8 Å². The molecule has 0 spiro atoms. The number of halogens is 2. The molecule has 124 valence electrons. The summed E-state index contributed by atoms with van der Waals surface area (Å²) in [5, 5.41) is 3.07. The number of hydrogen-bond donors (Lipinski definition) is 2. The third-order valence-corrected chi connectivity index (χ3v) is 3.81. The van der Waals surface area contributed by atoms with Crippen molar-refractivity contribution in [1.82, 2.24) is 5.32 Å². The maximum Gasteiger partial charge on any atom is 0.188 e. The van der Waals surface area contributed by atoms with Gasteiger partial charge in [-0.1, -0.05) is 34.1 Å². The summed E-state index contributed by atoms with van der Waals surface area (Å²) in [6.45, 7) is 7.77. The van der Waals surface area contributed by atoms with Gasteiger partial charge in [-0.05, 0) is 25.1 Å². The first-order valence-electron chi connectivity index (χ1n) is 6.72. The Balaban J connectivity index is 0.00000441. The molecule has 0 aliphatic heterocycles. The topological polar surface area (TPSA) is 59.6 Å². The van der Waals surface area contributed by atoms with Gasteiger partial charge in [0.1, 0.15) is 5.75 Å². The van der Waals surface area contributed by atoms with Gasteiger partial charge in [-0.2, -0.15) is 11.8 Å². The largest absolute Gasteiger partial charge is 0.493 e. The van der Waals surface area contributed by atoms with E-state index >= 15 is 0 Å². The summed E-state index contributed by atoms with van der Waals surface area (Å²) in [6.07, 6.45) is 0. The van der Waals surface area contributed by atoms with Crippen LogP contribution in [0.15, 0.2) is 45.9 Å². The lowest BCUT2D eigenvalue weighted by molar-refractivity contribution is 0.344. The van der Waals surface area contributed by atoms with Crippen LogP contribution >= 0.6 is 51.7 Å². The van der Waals surface area contributed by atoms with Gasteiger partial charge in [0.05, 0.1) is 13.2 Å². The molecule has 7 heteroatoms. The Morgan fingerprint density at radius 3 is 2.91 bits per heavy atom. The summed E-state index contributed by atoms with van der Waals surface area (Å²) in [5.41, 5.74) is 6.71. The summed E-state index contributed by atoms with van der Waals surface area (Å²) in [4.78, 5) is 4.15. The number of ether oxygens (including phenoxy) is 1. The van der Waals surface area contributed by atoms with E-state index in [1.54, 1.807) is 0 Å². The first-order valence-corrected chi connectivity index (χ1v) is 8.67. The highest BCUT2D eigenvalue weighted by Crippen LogP contribution is 2.17. The average Bonchev–Trinajstić information content (AvgIpc) is 2.44. The van der Waals surface area contributed by atoms with E-state index in [0.717, 1.165) is 33.8 Å². The summed E-state index contributed by atoms with van der Waals surface area (Å²) in [6, 6.07) is 7.86. The second-order valence-electron chi connectivity index (χ2n) is 4.50. The van der Waals surface area contributed by atoms with E-state index in [-0.39, 0.29) is 24.0 Å². The third-order valence-electron chi connectivity index (χ3n) is 2.36. The molecule has 0 aliphatic carbocycles. The summed E-state index contributed by atoms with van der Waals surface area (Å²) < 4.78 is 6.68. The molecule has 1 aromatic carbocycles. The number of hydrogen-bond acceptors (Lipinski definition) is 3. The van der Waals surface area contributed by atoms with Crippen molar-refractivity contribution in [3.63, 3.8) is 0 Å². The number of nitrogens with zero attached hydrogens (tertiary/aromatic N) is 1. The molecular formula is C15H23BrIN3OS. The Hall–Kier alpha value is -0.410. The Labute approximate surface area is 162 Å². The van der Waals surface area contributed by atoms with Crippen LogP contribution in [0.4, 0.5) is 0 Å². The Morgan fingerprint density at radius 2 is 2.23 bits per heavy atom. The number of thioether (sulfide) groups is 1. The number of nitrogens with one attached hydrogen (secondary N) is 1. The Kier molecular flexibility index (Phi) is 12.8. The monoisotopic (exact) mass is 499 g/mol. The van der Waals surface area contributed by atoms with Gasteiger partial charge in [-0.25, -0.2) is 4.99 Å². The molecule has 0 atom stereocenters. The van der Waals surface area contributed by atoms with E-state index in [2.05, 4.69) is 32.8 Å². The van der Waals surface area contributed by atoms with Crippen molar-refractivity contribution < 1.29 is 4.74 Å². The van der Waals surface area contributed by atoms with Crippen molar-refractivity contribution in [3.8, 4) is 5.75 Å². The van der Waals surface area contributed by atoms with Crippen LogP contribution in [0.5, 0.6) is 5.75 Å². The van der Waals surface area contributed by atoms with Crippen molar-refractivity contribution >= 4 is 57.6 Å². The Morgan fingerprint density at radius 1 is 1.45 bits per heavy atom. The van der Waals surface area contributed by atoms with Crippen LogP contribution in [-0.4, -0.2) is 37.2 Å².